The fourth-order valence-corrected chi connectivity index (χ4v) is 3.70. The Balaban J connectivity index is 1.44. The van der Waals surface area contributed by atoms with E-state index in [9.17, 15) is 9.90 Å². The van der Waals surface area contributed by atoms with Crippen molar-refractivity contribution < 1.29 is 14.4 Å². The van der Waals surface area contributed by atoms with E-state index < -0.39 is 0 Å². The van der Waals surface area contributed by atoms with Crippen molar-refractivity contribution >= 4 is 11.5 Å². The Hall–Kier alpha value is -2.72. The molecule has 1 amide bonds. The van der Waals surface area contributed by atoms with Gasteiger partial charge in [0, 0.05) is 18.5 Å². The molecule has 0 aromatic carbocycles. The summed E-state index contributed by atoms with van der Waals surface area (Å²) >= 11 is 0. The number of allylic oxidation sites excluding steroid dienone is 3. The number of carbonyl (C=O) groups is 1. The summed E-state index contributed by atoms with van der Waals surface area (Å²) in [5.74, 6) is 1.03. The molecule has 0 bridgehead atoms. The van der Waals surface area contributed by atoms with Crippen molar-refractivity contribution in [2.45, 2.75) is 50.2 Å². The number of aliphatic hydroxyl groups excluding tert-OH is 1. The molecule has 7 heteroatoms. The van der Waals surface area contributed by atoms with E-state index in [1.165, 1.54) is 0 Å². The van der Waals surface area contributed by atoms with E-state index >= 15 is 0 Å². The average Bonchev–Trinajstić information content (AvgIpc) is 3.29. The molecule has 3 aliphatic rings. The first kappa shape index (κ1) is 16.7. The van der Waals surface area contributed by atoms with Gasteiger partial charge in [-0.2, -0.15) is 10.2 Å². The molecular formula is C19H20N4O3. The quantitative estimate of drug-likeness (QED) is 0.893. The number of amides is 1. The van der Waals surface area contributed by atoms with E-state index in [1.54, 1.807) is 6.08 Å². The van der Waals surface area contributed by atoms with Crippen LogP contribution in [0.4, 0.5) is 0 Å². The lowest BCUT2D eigenvalue weighted by Gasteiger charge is -2.26. The van der Waals surface area contributed by atoms with Crippen LogP contribution in [-0.4, -0.2) is 44.7 Å². The Bertz CT molecular complexity index is 845. The Morgan fingerprint density at radius 3 is 2.92 bits per heavy atom. The summed E-state index contributed by atoms with van der Waals surface area (Å²) in [5, 5.41) is 22.6. The van der Waals surface area contributed by atoms with Crippen molar-refractivity contribution in [3.05, 3.63) is 41.6 Å². The highest BCUT2D eigenvalue weighted by atomic mass is 16.5. The van der Waals surface area contributed by atoms with Gasteiger partial charge in [-0.3, -0.25) is 4.79 Å². The molecule has 7 nitrogen and oxygen atoms in total. The number of aliphatic hydroxyl groups is 1. The molecule has 1 aromatic rings. The highest BCUT2D eigenvalue weighted by Gasteiger charge is 2.37. The number of nitriles is 1. The van der Waals surface area contributed by atoms with Crippen molar-refractivity contribution in [3.8, 4) is 6.07 Å². The molecule has 0 radical (unpaired) electrons. The molecule has 1 fully saturated rings. The second-order valence-electron chi connectivity index (χ2n) is 6.99. The topological polar surface area (TPSA) is 103 Å². The van der Waals surface area contributed by atoms with Crippen LogP contribution in [0.3, 0.4) is 0 Å². The van der Waals surface area contributed by atoms with Crippen molar-refractivity contribution in [1.29, 1.82) is 5.26 Å². The SMILES string of the molecule is N#CC1=CCC(N2CC(c3nc(C4=CCC(O)CC4)no3)CC2=O)C=C1. The van der Waals surface area contributed by atoms with Gasteiger partial charge in [0.1, 0.15) is 0 Å². The molecule has 26 heavy (non-hydrogen) atoms. The van der Waals surface area contributed by atoms with Gasteiger partial charge in [0.05, 0.1) is 24.1 Å². The monoisotopic (exact) mass is 352 g/mol. The minimum atomic E-state index is -0.287. The number of hydrogen-bond donors (Lipinski definition) is 1. The summed E-state index contributed by atoms with van der Waals surface area (Å²) in [4.78, 5) is 18.8. The van der Waals surface area contributed by atoms with E-state index in [-0.39, 0.29) is 24.0 Å². The van der Waals surface area contributed by atoms with Crippen molar-refractivity contribution in [2.75, 3.05) is 6.54 Å². The summed E-state index contributed by atoms with van der Waals surface area (Å²) in [6.07, 6.45) is 10.3. The zero-order valence-electron chi connectivity index (χ0n) is 14.3. The fraction of sp³-hybridized carbons (Fsp3) is 0.474. The molecule has 1 aliphatic heterocycles. The first-order valence-electron chi connectivity index (χ1n) is 8.93. The maximum absolute atomic E-state index is 12.4. The van der Waals surface area contributed by atoms with Crippen LogP contribution in [0.2, 0.25) is 0 Å². The van der Waals surface area contributed by atoms with Crippen LogP contribution >= 0.6 is 0 Å². The summed E-state index contributed by atoms with van der Waals surface area (Å²) < 4.78 is 5.43. The maximum atomic E-state index is 12.4. The Morgan fingerprint density at radius 2 is 2.23 bits per heavy atom. The van der Waals surface area contributed by atoms with Gasteiger partial charge in [0.2, 0.25) is 11.8 Å². The predicted octanol–water partition coefficient (Wildman–Crippen LogP) is 2.09. The van der Waals surface area contributed by atoms with Crippen LogP contribution in [0, 0.1) is 11.3 Å². The third-order valence-electron chi connectivity index (χ3n) is 5.23. The zero-order valence-corrected chi connectivity index (χ0v) is 14.3. The standard InChI is InChI=1S/C19H20N4O3/c20-10-12-1-5-15(6-2-12)23-11-14(9-17(23)25)19-21-18(22-26-19)13-3-7-16(24)8-4-13/h1-3,5,14-16,24H,4,6-9,11H2. The Labute approximate surface area is 151 Å². The van der Waals surface area contributed by atoms with Gasteiger partial charge in [0.25, 0.3) is 0 Å². The Kier molecular flexibility index (Phi) is 4.43. The fourth-order valence-electron chi connectivity index (χ4n) is 3.70. The highest BCUT2D eigenvalue weighted by molar-refractivity contribution is 5.80. The van der Waals surface area contributed by atoms with Crippen LogP contribution in [-0.2, 0) is 4.79 Å². The van der Waals surface area contributed by atoms with Crippen LogP contribution in [0.25, 0.3) is 5.57 Å². The van der Waals surface area contributed by atoms with Crippen LogP contribution in [0.5, 0.6) is 0 Å². The molecule has 2 heterocycles. The number of aromatic nitrogens is 2. The first-order chi connectivity index (χ1) is 12.6. The third-order valence-corrected chi connectivity index (χ3v) is 5.23. The van der Waals surface area contributed by atoms with E-state index in [0.29, 0.717) is 49.5 Å². The summed E-state index contributed by atoms with van der Waals surface area (Å²) in [7, 11) is 0. The van der Waals surface area contributed by atoms with Gasteiger partial charge in [-0.1, -0.05) is 23.4 Å². The molecule has 1 aromatic heterocycles. The molecule has 2 aliphatic carbocycles. The molecule has 0 saturated carbocycles. The smallest absolute Gasteiger partial charge is 0.232 e. The van der Waals surface area contributed by atoms with Gasteiger partial charge in [-0.05, 0) is 37.3 Å². The van der Waals surface area contributed by atoms with Gasteiger partial charge in [0.15, 0.2) is 5.82 Å². The van der Waals surface area contributed by atoms with Crippen molar-refractivity contribution in [1.82, 2.24) is 15.0 Å². The van der Waals surface area contributed by atoms with Crippen molar-refractivity contribution in [3.63, 3.8) is 0 Å². The molecule has 134 valence electrons. The van der Waals surface area contributed by atoms with E-state index in [1.807, 2.05) is 23.1 Å². The molecule has 3 atom stereocenters. The maximum Gasteiger partial charge on any atom is 0.232 e. The van der Waals surface area contributed by atoms with Gasteiger partial charge in [-0.15, -0.1) is 0 Å². The number of likely N-dealkylation sites (tertiary alicyclic amines) is 1. The van der Waals surface area contributed by atoms with Crippen LogP contribution in [0.15, 0.2) is 34.4 Å². The highest BCUT2D eigenvalue weighted by Crippen LogP contribution is 2.32. The normalized spacial score (nSPS) is 28.7. The number of rotatable bonds is 3. The second-order valence-corrected chi connectivity index (χ2v) is 6.99. The van der Waals surface area contributed by atoms with Gasteiger partial charge >= 0.3 is 0 Å². The van der Waals surface area contributed by atoms with Gasteiger partial charge in [-0.25, -0.2) is 0 Å². The number of hydrogen-bond acceptors (Lipinski definition) is 6. The second kappa shape index (κ2) is 6.89. The molecule has 1 N–H and O–H groups in total. The summed E-state index contributed by atoms with van der Waals surface area (Å²) in [6, 6.07) is 2.10. The summed E-state index contributed by atoms with van der Waals surface area (Å²) in [5.41, 5.74) is 1.63. The van der Waals surface area contributed by atoms with Crippen molar-refractivity contribution in [2.24, 2.45) is 0 Å². The van der Waals surface area contributed by atoms with Crippen LogP contribution in [0.1, 0.15) is 49.7 Å². The van der Waals surface area contributed by atoms with E-state index in [0.717, 1.165) is 12.0 Å². The third kappa shape index (κ3) is 3.20. The minimum absolute atomic E-state index is 0.0190. The minimum Gasteiger partial charge on any atom is -0.393 e. The lowest BCUT2D eigenvalue weighted by molar-refractivity contribution is -0.128. The van der Waals surface area contributed by atoms with E-state index in [4.69, 9.17) is 9.78 Å². The Morgan fingerprint density at radius 1 is 1.35 bits per heavy atom. The number of carbonyl (C=O) groups excluding carboxylic acids is 1. The van der Waals surface area contributed by atoms with E-state index in [2.05, 4.69) is 16.2 Å². The van der Waals surface area contributed by atoms with Crippen LogP contribution < -0.4 is 0 Å². The molecular weight excluding hydrogens is 332 g/mol. The average molecular weight is 352 g/mol. The predicted molar refractivity (Wildman–Crippen MR) is 92.4 cm³/mol. The first-order valence-corrected chi connectivity index (χ1v) is 8.93. The molecule has 3 unspecified atom stereocenters. The zero-order chi connectivity index (χ0) is 18.1. The largest absolute Gasteiger partial charge is 0.393 e. The lowest BCUT2D eigenvalue weighted by atomic mass is 9.97. The molecule has 0 spiro atoms. The number of nitrogens with zero attached hydrogens (tertiary/aromatic N) is 4. The molecule has 4 rings (SSSR count). The lowest BCUT2D eigenvalue weighted by Crippen LogP contribution is -2.35. The summed E-state index contributed by atoms with van der Waals surface area (Å²) in [6.45, 7) is 0.545. The molecule has 1 saturated heterocycles. The van der Waals surface area contributed by atoms with Gasteiger partial charge < -0.3 is 14.5 Å².